The topological polar surface area (TPSA) is 66.8 Å². The van der Waals surface area contributed by atoms with E-state index in [1.807, 2.05) is 12.1 Å². The summed E-state index contributed by atoms with van der Waals surface area (Å²) in [4.78, 5) is 24.2. The SMILES string of the molecule is COc1ccc(CN2C(=O)/C(=C/C(=O)O)SC2=S)cc1. The lowest BCUT2D eigenvalue weighted by atomic mass is 10.2. The van der Waals surface area contributed by atoms with Gasteiger partial charge < -0.3 is 9.84 Å². The first-order valence-electron chi connectivity index (χ1n) is 5.62. The van der Waals surface area contributed by atoms with Gasteiger partial charge in [-0.3, -0.25) is 9.69 Å². The molecule has 0 spiro atoms. The van der Waals surface area contributed by atoms with E-state index in [-0.39, 0.29) is 10.8 Å². The van der Waals surface area contributed by atoms with Crippen molar-refractivity contribution in [2.24, 2.45) is 0 Å². The van der Waals surface area contributed by atoms with Crippen LogP contribution in [0.2, 0.25) is 0 Å². The molecule has 0 atom stereocenters. The average molecular weight is 309 g/mol. The van der Waals surface area contributed by atoms with Gasteiger partial charge in [-0.25, -0.2) is 4.79 Å². The van der Waals surface area contributed by atoms with Gasteiger partial charge in [0.05, 0.1) is 18.6 Å². The molecule has 1 aliphatic heterocycles. The van der Waals surface area contributed by atoms with Crippen LogP contribution in [-0.2, 0) is 16.1 Å². The van der Waals surface area contributed by atoms with Gasteiger partial charge in [-0.05, 0) is 17.7 Å². The van der Waals surface area contributed by atoms with Crippen molar-refractivity contribution in [3.05, 3.63) is 40.8 Å². The Morgan fingerprint density at radius 3 is 2.65 bits per heavy atom. The summed E-state index contributed by atoms with van der Waals surface area (Å²) in [6.45, 7) is 0.311. The molecular weight excluding hydrogens is 298 g/mol. The van der Waals surface area contributed by atoms with E-state index in [9.17, 15) is 9.59 Å². The van der Waals surface area contributed by atoms with E-state index in [1.54, 1.807) is 19.2 Å². The number of carboxylic acids is 1. The fraction of sp³-hybridized carbons (Fsp3) is 0.154. The number of hydrogen-bond donors (Lipinski definition) is 1. The Kier molecular flexibility index (Phi) is 4.41. The highest BCUT2D eigenvalue weighted by molar-refractivity contribution is 8.26. The van der Waals surface area contributed by atoms with Gasteiger partial charge in [-0.2, -0.15) is 0 Å². The van der Waals surface area contributed by atoms with Gasteiger partial charge in [0.25, 0.3) is 5.91 Å². The maximum absolute atomic E-state index is 12.0. The number of carbonyl (C=O) groups excluding carboxylic acids is 1. The Morgan fingerprint density at radius 1 is 1.45 bits per heavy atom. The molecule has 5 nitrogen and oxygen atoms in total. The van der Waals surface area contributed by atoms with Crippen LogP contribution in [-0.4, -0.2) is 33.3 Å². The predicted octanol–water partition coefficient (Wildman–Crippen LogP) is 2.02. The zero-order chi connectivity index (χ0) is 14.7. The van der Waals surface area contributed by atoms with Crippen molar-refractivity contribution < 1.29 is 19.4 Å². The highest BCUT2D eigenvalue weighted by atomic mass is 32.2. The molecule has 0 radical (unpaired) electrons. The molecule has 7 heteroatoms. The molecule has 20 heavy (non-hydrogen) atoms. The summed E-state index contributed by atoms with van der Waals surface area (Å²) in [7, 11) is 1.58. The second kappa shape index (κ2) is 6.06. The average Bonchev–Trinajstić information content (AvgIpc) is 2.66. The molecule has 1 saturated heterocycles. The molecule has 0 saturated carbocycles. The van der Waals surface area contributed by atoms with E-state index in [2.05, 4.69) is 0 Å². The van der Waals surface area contributed by atoms with E-state index in [0.717, 1.165) is 29.2 Å². The lowest BCUT2D eigenvalue weighted by Crippen LogP contribution is -2.27. The first-order chi connectivity index (χ1) is 9.51. The maximum Gasteiger partial charge on any atom is 0.329 e. The molecule has 1 heterocycles. The van der Waals surface area contributed by atoms with Crippen LogP contribution in [0.5, 0.6) is 5.75 Å². The van der Waals surface area contributed by atoms with Gasteiger partial charge in [-0.1, -0.05) is 36.1 Å². The molecule has 104 valence electrons. The van der Waals surface area contributed by atoms with Crippen LogP contribution in [0.15, 0.2) is 35.2 Å². The van der Waals surface area contributed by atoms with Crippen molar-refractivity contribution in [2.75, 3.05) is 7.11 Å². The minimum absolute atomic E-state index is 0.135. The molecule has 1 aromatic carbocycles. The van der Waals surface area contributed by atoms with Gasteiger partial charge in [0.1, 0.15) is 10.1 Å². The van der Waals surface area contributed by atoms with Crippen molar-refractivity contribution in [1.82, 2.24) is 4.90 Å². The van der Waals surface area contributed by atoms with Crippen LogP contribution >= 0.6 is 24.0 Å². The number of ether oxygens (including phenoxy) is 1. The Bertz CT molecular complexity index is 595. The Balaban J connectivity index is 2.14. The maximum atomic E-state index is 12.0. The standard InChI is InChI=1S/C13H11NO4S2/c1-18-9-4-2-8(3-5-9)7-14-12(17)10(6-11(15)16)20-13(14)19/h2-6H,7H2,1H3,(H,15,16)/b10-6-. The largest absolute Gasteiger partial charge is 0.497 e. The van der Waals surface area contributed by atoms with Crippen LogP contribution in [0.3, 0.4) is 0 Å². The third kappa shape index (κ3) is 3.17. The summed E-state index contributed by atoms with van der Waals surface area (Å²) in [5.74, 6) is -0.807. The third-order valence-corrected chi connectivity index (χ3v) is 4.01. The summed E-state index contributed by atoms with van der Waals surface area (Å²) < 4.78 is 5.42. The van der Waals surface area contributed by atoms with Gasteiger partial charge in [-0.15, -0.1) is 0 Å². The quantitative estimate of drug-likeness (QED) is 0.678. The van der Waals surface area contributed by atoms with Gasteiger partial charge in [0, 0.05) is 6.08 Å². The molecule has 2 rings (SSSR count). The number of thioether (sulfide) groups is 1. The summed E-state index contributed by atoms with van der Waals surface area (Å²) in [6, 6.07) is 7.25. The first kappa shape index (κ1) is 14.5. The number of hydrogen-bond acceptors (Lipinski definition) is 5. The number of rotatable bonds is 4. The molecule has 1 amide bonds. The van der Waals surface area contributed by atoms with Crippen molar-refractivity contribution in [3.8, 4) is 5.75 Å². The van der Waals surface area contributed by atoms with E-state index < -0.39 is 5.97 Å². The fourth-order valence-electron chi connectivity index (χ4n) is 1.66. The van der Waals surface area contributed by atoms with E-state index in [4.69, 9.17) is 22.1 Å². The predicted molar refractivity (Wildman–Crippen MR) is 79.5 cm³/mol. The monoisotopic (exact) mass is 309 g/mol. The lowest BCUT2D eigenvalue weighted by Gasteiger charge is -2.14. The summed E-state index contributed by atoms with van der Waals surface area (Å²) >= 11 is 6.11. The minimum Gasteiger partial charge on any atom is -0.497 e. The van der Waals surface area contributed by atoms with Crippen molar-refractivity contribution in [2.45, 2.75) is 6.54 Å². The molecule has 0 bridgehead atoms. The molecular formula is C13H11NO4S2. The van der Waals surface area contributed by atoms with E-state index >= 15 is 0 Å². The second-order valence-electron chi connectivity index (χ2n) is 3.95. The summed E-state index contributed by atoms with van der Waals surface area (Å²) in [5, 5.41) is 8.69. The van der Waals surface area contributed by atoms with Crippen molar-refractivity contribution in [1.29, 1.82) is 0 Å². The molecule has 1 aromatic rings. The van der Waals surface area contributed by atoms with Crippen LogP contribution in [0.1, 0.15) is 5.56 Å². The number of amides is 1. The molecule has 0 aromatic heterocycles. The molecule has 1 aliphatic rings. The summed E-state index contributed by atoms with van der Waals surface area (Å²) in [6.07, 6.45) is 0.882. The van der Waals surface area contributed by atoms with Crippen LogP contribution in [0, 0.1) is 0 Å². The number of aliphatic carboxylic acids is 1. The normalized spacial score (nSPS) is 16.9. The van der Waals surface area contributed by atoms with Crippen molar-refractivity contribution in [3.63, 3.8) is 0 Å². The number of carboxylic acid groups (broad SMARTS) is 1. The van der Waals surface area contributed by atoms with Crippen LogP contribution < -0.4 is 4.74 Å². The van der Waals surface area contributed by atoms with Gasteiger partial charge >= 0.3 is 5.97 Å². The fourth-order valence-corrected chi connectivity index (χ4v) is 2.88. The minimum atomic E-state index is -1.16. The highest BCUT2D eigenvalue weighted by Crippen LogP contribution is 2.32. The Morgan fingerprint density at radius 2 is 2.10 bits per heavy atom. The molecule has 1 fully saturated rings. The number of carbonyl (C=O) groups is 2. The van der Waals surface area contributed by atoms with Crippen LogP contribution in [0.25, 0.3) is 0 Å². The first-order valence-corrected chi connectivity index (χ1v) is 6.85. The Hall–Kier alpha value is -1.86. The highest BCUT2D eigenvalue weighted by Gasteiger charge is 2.32. The lowest BCUT2D eigenvalue weighted by molar-refractivity contribution is -0.132. The zero-order valence-electron chi connectivity index (χ0n) is 10.5. The summed E-state index contributed by atoms with van der Waals surface area (Å²) in [5.41, 5.74) is 0.888. The van der Waals surface area contributed by atoms with Gasteiger partial charge in [0.15, 0.2) is 0 Å². The molecule has 0 aliphatic carbocycles. The van der Waals surface area contributed by atoms with Crippen molar-refractivity contribution >= 4 is 40.2 Å². The van der Waals surface area contributed by atoms with E-state index in [0.29, 0.717) is 10.9 Å². The number of benzene rings is 1. The number of thiocarbonyl (C=S) groups is 1. The number of methoxy groups -OCH3 is 1. The van der Waals surface area contributed by atoms with Crippen LogP contribution in [0.4, 0.5) is 0 Å². The second-order valence-corrected chi connectivity index (χ2v) is 5.63. The molecule has 1 N–H and O–H groups in total. The Labute approximate surface area is 125 Å². The van der Waals surface area contributed by atoms with Gasteiger partial charge in [0.2, 0.25) is 0 Å². The zero-order valence-corrected chi connectivity index (χ0v) is 12.2. The third-order valence-electron chi connectivity index (χ3n) is 2.63. The van der Waals surface area contributed by atoms with E-state index in [1.165, 1.54) is 4.90 Å². The number of nitrogens with zero attached hydrogens (tertiary/aromatic N) is 1. The smallest absolute Gasteiger partial charge is 0.329 e. The molecule has 0 unspecified atom stereocenters.